The van der Waals surface area contributed by atoms with Crippen LogP contribution in [0.3, 0.4) is 0 Å². The molecule has 2 aliphatic rings. The Morgan fingerprint density at radius 3 is 2.49 bits per heavy atom. The Morgan fingerprint density at radius 1 is 1.02 bits per heavy atom. The number of halogens is 3. The smallest absolute Gasteiger partial charge is 0.369 e. The average molecular weight is 588 g/mol. The summed E-state index contributed by atoms with van der Waals surface area (Å²) in [4.78, 5) is 37.7. The lowest BCUT2D eigenvalue weighted by molar-refractivity contribution is -0.137. The molecule has 1 saturated heterocycles. The van der Waals surface area contributed by atoms with E-state index in [1.54, 1.807) is 36.5 Å². The highest BCUT2D eigenvalue weighted by atomic mass is 32.1. The van der Waals surface area contributed by atoms with Gasteiger partial charge in [0, 0.05) is 63.1 Å². The standard InChI is InChI=1S/C26H28F3N9O2S/c1-15-22(38-14-21(34-35-38)23-13-31-25(41-23)32-16(2)39)8-17(12-30-15)24(40)33-19-9-18(26(27,28)29)10-20(11-19)37-6-4-36(3)5-7-37/h8-14,34-35H,4-7H2,1-3H3,(H,33,40)(H,31,32,39). The molecule has 2 amide bonds. The van der Waals surface area contributed by atoms with Gasteiger partial charge in [-0.3, -0.25) is 19.6 Å². The number of anilines is 4. The number of alkyl halides is 3. The molecule has 2 aromatic heterocycles. The number of carbonyl (C=O) groups excluding carboxylic acids is 2. The number of nitrogens with one attached hydrogen (secondary N) is 4. The van der Waals surface area contributed by atoms with Gasteiger partial charge >= 0.3 is 6.18 Å². The van der Waals surface area contributed by atoms with Gasteiger partial charge in [0.2, 0.25) is 5.91 Å². The van der Waals surface area contributed by atoms with Gasteiger partial charge in [0.05, 0.1) is 33.1 Å². The van der Waals surface area contributed by atoms with E-state index in [0.717, 1.165) is 30.1 Å². The Hall–Kier alpha value is -4.21. The Labute approximate surface area is 238 Å². The maximum Gasteiger partial charge on any atom is 0.416 e. The highest BCUT2D eigenvalue weighted by Crippen LogP contribution is 2.35. The van der Waals surface area contributed by atoms with E-state index in [1.807, 2.05) is 11.9 Å². The fraction of sp³-hybridized carbons (Fsp3) is 0.308. The van der Waals surface area contributed by atoms with Crippen LogP contribution >= 0.6 is 11.3 Å². The first-order valence-electron chi connectivity index (χ1n) is 12.7. The molecule has 0 saturated carbocycles. The second-order valence-corrected chi connectivity index (χ2v) is 10.7. The third kappa shape index (κ3) is 6.58. The van der Waals surface area contributed by atoms with Crippen LogP contribution in [0.25, 0.3) is 5.70 Å². The summed E-state index contributed by atoms with van der Waals surface area (Å²) in [5.74, 6) is -0.822. The van der Waals surface area contributed by atoms with Crippen LogP contribution in [0.2, 0.25) is 0 Å². The van der Waals surface area contributed by atoms with Crippen molar-refractivity contribution in [2.45, 2.75) is 20.0 Å². The van der Waals surface area contributed by atoms with Crippen molar-refractivity contribution in [2.24, 2.45) is 0 Å². The molecule has 0 radical (unpaired) electrons. The van der Waals surface area contributed by atoms with Gasteiger partial charge in [0.25, 0.3) is 5.91 Å². The van der Waals surface area contributed by atoms with Crippen LogP contribution in [0, 0.1) is 6.92 Å². The lowest BCUT2D eigenvalue weighted by atomic mass is 10.1. The number of hydrogen-bond donors (Lipinski definition) is 4. The summed E-state index contributed by atoms with van der Waals surface area (Å²) in [7, 11) is 1.97. The molecule has 4 N–H and O–H groups in total. The minimum absolute atomic E-state index is 0.0456. The number of hydrazine groups is 2. The molecule has 5 rings (SSSR count). The number of amides is 2. The second kappa shape index (κ2) is 11.3. The largest absolute Gasteiger partial charge is 0.416 e. The molecule has 3 aromatic rings. The normalized spacial score (nSPS) is 15.9. The van der Waals surface area contributed by atoms with Crippen LogP contribution in [0.1, 0.15) is 33.4 Å². The molecule has 0 aliphatic carbocycles. The first-order chi connectivity index (χ1) is 19.5. The summed E-state index contributed by atoms with van der Waals surface area (Å²) in [6.45, 7) is 5.78. The number of carbonyl (C=O) groups is 2. The fourth-order valence-corrected chi connectivity index (χ4v) is 5.19. The van der Waals surface area contributed by atoms with Crippen LogP contribution < -0.4 is 31.5 Å². The van der Waals surface area contributed by atoms with Crippen LogP contribution in [-0.4, -0.2) is 59.9 Å². The summed E-state index contributed by atoms with van der Waals surface area (Å²) in [6.07, 6.45) is 0.159. The van der Waals surface area contributed by atoms with E-state index in [1.165, 1.54) is 24.5 Å². The number of aryl methyl sites for hydroxylation is 1. The van der Waals surface area contributed by atoms with Crippen molar-refractivity contribution < 1.29 is 22.8 Å². The van der Waals surface area contributed by atoms with E-state index >= 15 is 0 Å². The predicted molar refractivity (Wildman–Crippen MR) is 151 cm³/mol. The van der Waals surface area contributed by atoms with Gasteiger partial charge in [-0.2, -0.15) is 13.2 Å². The van der Waals surface area contributed by atoms with Gasteiger partial charge in [-0.05, 0) is 38.2 Å². The van der Waals surface area contributed by atoms with Crippen molar-refractivity contribution >= 4 is 51.0 Å². The van der Waals surface area contributed by atoms with Crippen molar-refractivity contribution in [3.8, 4) is 0 Å². The third-order valence-corrected chi connectivity index (χ3v) is 7.52. The van der Waals surface area contributed by atoms with Gasteiger partial charge in [-0.25, -0.2) is 4.98 Å². The van der Waals surface area contributed by atoms with Gasteiger partial charge in [-0.1, -0.05) is 11.3 Å². The number of benzene rings is 1. The molecule has 0 unspecified atom stereocenters. The number of hydrogen-bond acceptors (Lipinski definition) is 10. The molecule has 0 atom stereocenters. The van der Waals surface area contributed by atoms with E-state index in [2.05, 4.69) is 36.5 Å². The first-order valence-corrected chi connectivity index (χ1v) is 13.5. The second-order valence-electron chi connectivity index (χ2n) is 9.70. The monoisotopic (exact) mass is 587 g/mol. The van der Waals surface area contributed by atoms with E-state index in [0.29, 0.717) is 41.0 Å². The van der Waals surface area contributed by atoms with Crippen molar-refractivity contribution in [3.63, 3.8) is 0 Å². The molecule has 15 heteroatoms. The molecule has 0 spiro atoms. The quantitative estimate of drug-likeness (QED) is 0.343. The third-order valence-electron chi connectivity index (χ3n) is 6.58. The molecule has 216 valence electrons. The molecular formula is C26H28F3N9O2S. The zero-order chi connectivity index (χ0) is 29.3. The minimum Gasteiger partial charge on any atom is -0.369 e. The lowest BCUT2D eigenvalue weighted by Gasteiger charge is -2.34. The molecular weight excluding hydrogens is 559 g/mol. The Bertz CT molecular complexity index is 1500. The van der Waals surface area contributed by atoms with Crippen molar-refractivity contribution in [1.82, 2.24) is 25.8 Å². The number of piperazine rings is 1. The molecule has 4 heterocycles. The maximum atomic E-state index is 13.7. The highest BCUT2D eigenvalue weighted by molar-refractivity contribution is 7.16. The molecule has 1 fully saturated rings. The van der Waals surface area contributed by atoms with Crippen LogP contribution in [0.4, 0.5) is 35.4 Å². The predicted octanol–water partition coefficient (Wildman–Crippen LogP) is 3.66. The number of pyridine rings is 1. The van der Waals surface area contributed by atoms with Crippen molar-refractivity contribution in [3.05, 3.63) is 64.6 Å². The summed E-state index contributed by atoms with van der Waals surface area (Å²) < 4.78 is 41.2. The van der Waals surface area contributed by atoms with Crippen LogP contribution in [-0.2, 0) is 11.0 Å². The number of aromatic nitrogens is 2. The summed E-state index contributed by atoms with van der Waals surface area (Å²) in [6, 6.07) is 5.21. The van der Waals surface area contributed by atoms with E-state index in [9.17, 15) is 22.8 Å². The topological polar surface area (TPSA) is 118 Å². The SMILES string of the molecule is CC(=O)Nc1ncc(C2=CN(c3cc(C(=O)Nc4cc(N5CCN(C)CC5)cc(C(F)(F)F)c4)cnc3C)NN2)s1. The summed E-state index contributed by atoms with van der Waals surface area (Å²) in [5.41, 5.74) is 7.60. The summed E-state index contributed by atoms with van der Waals surface area (Å²) in [5, 5.41) is 7.34. The van der Waals surface area contributed by atoms with Crippen LogP contribution in [0.5, 0.6) is 0 Å². The van der Waals surface area contributed by atoms with E-state index in [-0.39, 0.29) is 17.2 Å². The van der Waals surface area contributed by atoms with Gasteiger partial charge < -0.3 is 25.9 Å². The summed E-state index contributed by atoms with van der Waals surface area (Å²) >= 11 is 1.28. The number of rotatable bonds is 6. The minimum atomic E-state index is -4.57. The van der Waals surface area contributed by atoms with Gasteiger partial charge in [0.15, 0.2) is 5.13 Å². The number of likely N-dealkylation sites (N-methyl/N-ethyl adjacent to an activating group) is 1. The number of nitrogens with zero attached hydrogens (tertiary/aromatic N) is 5. The zero-order valence-electron chi connectivity index (χ0n) is 22.5. The van der Waals surface area contributed by atoms with E-state index < -0.39 is 17.6 Å². The fourth-order valence-electron chi connectivity index (χ4n) is 4.36. The Balaban J connectivity index is 1.36. The maximum absolute atomic E-state index is 13.7. The Morgan fingerprint density at radius 2 is 1.78 bits per heavy atom. The average Bonchev–Trinajstić information content (AvgIpc) is 3.58. The molecule has 11 nitrogen and oxygen atoms in total. The van der Waals surface area contributed by atoms with Crippen molar-refractivity contribution in [2.75, 3.05) is 53.8 Å². The molecule has 41 heavy (non-hydrogen) atoms. The molecule has 1 aromatic carbocycles. The zero-order valence-corrected chi connectivity index (χ0v) is 23.3. The van der Waals surface area contributed by atoms with Crippen LogP contribution in [0.15, 0.2) is 42.9 Å². The van der Waals surface area contributed by atoms with Gasteiger partial charge in [-0.15, -0.1) is 5.53 Å². The van der Waals surface area contributed by atoms with Gasteiger partial charge in [0.1, 0.15) is 0 Å². The lowest BCUT2D eigenvalue weighted by Crippen LogP contribution is -2.44. The highest BCUT2D eigenvalue weighted by Gasteiger charge is 2.32. The number of thiazole rings is 1. The first kappa shape index (κ1) is 28.3. The molecule has 0 bridgehead atoms. The molecule has 2 aliphatic heterocycles. The van der Waals surface area contributed by atoms with Crippen molar-refractivity contribution in [1.29, 1.82) is 0 Å². The van der Waals surface area contributed by atoms with E-state index in [4.69, 9.17) is 0 Å². The Kier molecular flexibility index (Phi) is 7.84.